The second kappa shape index (κ2) is 7.78. The fourth-order valence-corrected chi connectivity index (χ4v) is 2.67. The summed E-state index contributed by atoms with van der Waals surface area (Å²) < 4.78 is 51.5. The number of pyridine rings is 1. The molecule has 0 aliphatic heterocycles. The van der Waals surface area contributed by atoms with Gasteiger partial charge >= 0.3 is 6.18 Å². The van der Waals surface area contributed by atoms with Gasteiger partial charge in [-0.15, -0.1) is 0 Å². The number of hydrogen-bond donors (Lipinski definition) is 3. The van der Waals surface area contributed by atoms with E-state index in [0.29, 0.717) is 22.6 Å². The van der Waals surface area contributed by atoms with Crippen molar-refractivity contribution in [3.63, 3.8) is 0 Å². The van der Waals surface area contributed by atoms with E-state index in [-0.39, 0.29) is 11.4 Å². The third kappa shape index (κ3) is 5.01. The molecule has 0 radical (unpaired) electrons. The van der Waals surface area contributed by atoms with Crippen molar-refractivity contribution < 1.29 is 22.4 Å². The van der Waals surface area contributed by atoms with Crippen LogP contribution in [0.2, 0.25) is 0 Å². The lowest BCUT2D eigenvalue weighted by Gasteiger charge is -2.13. The molecule has 1 aromatic heterocycles. The molecule has 1 amide bonds. The minimum atomic E-state index is -4.43. The van der Waals surface area contributed by atoms with Crippen LogP contribution in [0.3, 0.4) is 0 Å². The third-order valence-electron chi connectivity index (χ3n) is 3.96. The van der Waals surface area contributed by atoms with Crippen LogP contribution >= 0.6 is 0 Å². The van der Waals surface area contributed by atoms with Crippen LogP contribution in [0.4, 0.5) is 40.4 Å². The molecule has 3 rings (SSSR count). The Morgan fingerprint density at radius 2 is 1.66 bits per heavy atom. The zero-order chi connectivity index (χ0) is 21.2. The standard InChI is InChI=1S/C20H16F4N4O/c1-11-6-13(21)8-15(7-11)28-19-17(18(25)29)9-16(10-26-19)27-14-4-2-12(3-5-14)20(22,23)24/h2-10,27H,1H3,(H2,25,29)(H,26,28). The second-order valence-electron chi connectivity index (χ2n) is 6.33. The van der Waals surface area contributed by atoms with Crippen LogP contribution in [0.5, 0.6) is 0 Å². The van der Waals surface area contributed by atoms with Gasteiger partial charge in [-0.3, -0.25) is 4.79 Å². The summed E-state index contributed by atoms with van der Waals surface area (Å²) in [5.74, 6) is -1.10. The van der Waals surface area contributed by atoms with Gasteiger partial charge in [-0.25, -0.2) is 9.37 Å². The Labute approximate surface area is 163 Å². The van der Waals surface area contributed by atoms with Crippen LogP contribution in [0.1, 0.15) is 21.5 Å². The van der Waals surface area contributed by atoms with Gasteiger partial charge in [0.2, 0.25) is 0 Å². The molecule has 1 heterocycles. The van der Waals surface area contributed by atoms with Crippen LogP contribution < -0.4 is 16.4 Å². The number of aryl methyl sites for hydroxylation is 1. The van der Waals surface area contributed by atoms with E-state index in [4.69, 9.17) is 5.73 Å². The highest BCUT2D eigenvalue weighted by molar-refractivity contribution is 5.99. The summed E-state index contributed by atoms with van der Waals surface area (Å²) in [5.41, 5.74) is 6.45. The lowest BCUT2D eigenvalue weighted by molar-refractivity contribution is -0.137. The number of halogens is 4. The Morgan fingerprint density at radius 3 is 2.24 bits per heavy atom. The van der Waals surface area contributed by atoms with E-state index < -0.39 is 23.5 Å². The topological polar surface area (TPSA) is 80.0 Å². The summed E-state index contributed by atoms with van der Waals surface area (Å²) in [7, 11) is 0. The van der Waals surface area contributed by atoms with Gasteiger partial charge in [0, 0.05) is 11.4 Å². The first kappa shape index (κ1) is 20.1. The Bertz CT molecular complexity index is 1030. The largest absolute Gasteiger partial charge is 0.416 e. The predicted octanol–water partition coefficient (Wildman–Crippen LogP) is 5.13. The van der Waals surface area contributed by atoms with Crippen LogP contribution in [0.15, 0.2) is 54.7 Å². The highest BCUT2D eigenvalue weighted by Crippen LogP contribution is 2.31. The van der Waals surface area contributed by atoms with Crippen molar-refractivity contribution in [3.05, 3.63) is 77.2 Å². The zero-order valence-electron chi connectivity index (χ0n) is 15.1. The fourth-order valence-electron chi connectivity index (χ4n) is 2.67. The number of anilines is 4. The number of alkyl halides is 3. The van der Waals surface area contributed by atoms with E-state index in [1.165, 1.54) is 36.5 Å². The molecule has 3 aromatic rings. The molecule has 0 atom stereocenters. The summed E-state index contributed by atoms with van der Waals surface area (Å²) >= 11 is 0. The van der Waals surface area contributed by atoms with E-state index >= 15 is 0 Å². The minimum Gasteiger partial charge on any atom is -0.365 e. The molecule has 29 heavy (non-hydrogen) atoms. The van der Waals surface area contributed by atoms with E-state index in [9.17, 15) is 22.4 Å². The van der Waals surface area contributed by atoms with Gasteiger partial charge in [0.1, 0.15) is 11.6 Å². The molecular weight excluding hydrogens is 388 g/mol. The van der Waals surface area contributed by atoms with Crippen molar-refractivity contribution in [1.29, 1.82) is 0 Å². The van der Waals surface area contributed by atoms with Crippen molar-refractivity contribution in [2.24, 2.45) is 5.73 Å². The van der Waals surface area contributed by atoms with Crippen molar-refractivity contribution in [2.45, 2.75) is 13.1 Å². The lowest BCUT2D eigenvalue weighted by Crippen LogP contribution is -2.15. The van der Waals surface area contributed by atoms with E-state index in [1.54, 1.807) is 13.0 Å². The Hall–Kier alpha value is -3.62. The number of aromatic nitrogens is 1. The molecule has 0 spiro atoms. The van der Waals surface area contributed by atoms with Crippen molar-refractivity contribution in [2.75, 3.05) is 10.6 Å². The number of carbonyl (C=O) groups is 1. The third-order valence-corrected chi connectivity index (χ3v) is 3.96. The summed E-state index contributed by atoms with van der Waals surface area (Å²) in [5, 5.41) is 5.71. The number of carbonyl (C=O) groups excluding carboxylic acids is 1. The van der Waals surface area contributed by atoms with Gasteiger partial charge in [-0.1, -0.05) is 0 Å². The molecule has 0 aliphatic rings. The van der Waals surface area contributed by atoms with Crippen molar-refractivity contribution in [1.82, 2.24) is 4.98 Å². The van der Waals surface area contributed by atoms with Crippen molar-refractivity contribution >= 4 is 28.8 Å². The molecule has 4 N–H and O–H groups in total. The SMILES string of the molecule is Cc1cc(F)cc(Nc2ncc(Nc3ccc(C(F)(F)F)cc3)cc2C(N)=O)c1. The highest BCUT2D eigenvalue weighted by atomic mass is 19.4. The Kier molecular flexibility index (Phi) is 5.40. The zero-order valence-corrected chi connectivity index (χ0v) is 15.1. The summed E-state index contributed by atoms with van der Waals surface area (Å²) in [6.07, 6.45) is -3.06. The smallest absolute Gasteiger partial charge is 0.365 e. The molecule has 9 heteroatoms. The van der Waals surface area contributed by atoms with Gasteiger partial charge in [0.15, 0.2) is 0 Å². The number of nitrogens with one attached hydrogen (secondary N) is 2. The maximum Gasteiger partial charge on any atom is 0.416 e. The molecule has 2 aromatic carbocycles. The maximum absolute atomic E-state index is 13.6. The number of hydrogen-bond acceptors (Lipinski definition) is 4. The Balaban J connectivity index is 1.85. The summed E-state index contributed by atoms with van der Waals surface area (Å²) in [4.78, 5) is 16.0. The van der Waals surface area contributed by atoms with E-state index in [0.717, 1.165) is 12.1 Å². The quantitative estimate of drug-likeness (QED) is 0.515. The van der Waals surface area contributed by atoms with Gasteiger partial charge in [-0.2, -0.15) is 13.2 Å². The maximum atomic E-state index is 13.6. The number of nitrogens with two attached hydrogens (primary N) is 1. The lowest BCUT2D eigenvalue weighted by atomic mass is 10.1. The predicted molar refractivity (Wildman–Crippen MR) is 102 cm³/mol. The average molecular weight is 404 g/mol. The Morgan fingerprint density at radius 1 is 0.966 bits per heavy atom. The van der Waals surface area contributed by atoms with Crippen LogP contribution in [-0.4, -0.2) is 10.9 Å². The summed E-state index contributed by atoms with van der Waals surface area (Å²) in [6, 6.07) is 10.1. The van der Waals surface area contributed by atoms with Crippen molar-refractivity contribution in [3.8, 4) is 0 Å². The number of amides is 1. The number of nitrogens with zero attached hydrogens (tertiary/aromatic N) is 1. The first-order chi connectivity index (χ1) is 13.6. The molecule has 0 saturated carbocycles. The monoisotopic (exact) mass is 404 g/mol. The molecular formula is C20H16F4N4O. The average Bonchev–Trinajstić information content (AvgIpc) is 2.61. The summed E-state index contributed by atoms with van der Waals surface area (Å²) in [6.45, 7) is 1.72. The minimum absolute atomic E-state index is 0.0313. The van der Waals surface area contributed by atoms with Gasteiger partial charge in [0.05, 0.1) is 23.0 Å². The van der Waals surface area contributed by atoms with Gasteiger partial charge < -0.3 is 16.4 Å². The highest BCUT2D eigenvalue weighted by Gasteiger charge is 2.29. The molecule has 5 nitrogen and oxygen atoms in total. The molecule has 0 saturated heterocycles. The normalized spacial score (nSPS) is 11.2. The number of rotatable bonds is 5. The second-order valence-corrected chi connectivity index (χ2v) is 6.33. The van der Waals surface area contributed by atoms with E-state index in [2.05, 4.69) is 15.6 Å². The van der Waals surface area contributed by atoms with Crippen LogP contribution in [-0.2, 0) is 6.18 Å². The van der Waals surface area contributed by atoms with Gasteiger partial charge in [-0.05, 0) is 61.0 Å². The fraction of sp³-hybridized carbons (Fsp3) is 0.100. The molecule has 0 bridgehead atoms. The van der Waals surface area contributed by atoms with E-state index in [1.807, 2.05) is 0 Å². The first-order valence-electron chi connectivity index (χ1n) is 8.40. The molecule has 0 unspecified atom stereocenters. The molecule has 0 fully saturated rings. The number of primary amides is 1. The first-order valence-corrected chi connectivity index (χ1v) is 8.40. The molecule has 0 aliphatic carbocycles. The molecule has 150 valence electrons. The van der Waals surface area contributed by atoms with Gasteiger partial charge in [0.25, 0.3) is 5.91 Å². The number of benzene rings is 2. The van der Waals surface area contributed by atoms with Crippen LogP contribution in [0.25, 0.3) is 0 Å². The van der Waals surface area contributed by atoms with Crippen LogP contribution in [0, 0.1) is 12.7 Å².